The predicted molar refractivity (Wildman–Crippen MR) is 66.2 cm³/mol. The molecule has 1 amide bonds. The fourth-order valence-corrected chi connectivity index (χ4v) is 2.90. The van der Waals surface area contributed by atoms with Crippen LogP contribution in [-0.2, 0) is 4.79 Å². The number of rotatable bonds is 2. The highest BCUT2D eigenvalue weighted by Gasteiger charge is 2.26. The monoisotopic (exact) mass is 238 g/mol. The third-order valence-electron chi connectivity index (χ3n) is 3.08. The van der Waals surface area contributed by atoms with E-state index >= 15 is 0 Å². The van der Waals surface area contributed by atoms with Crippen molar-refractivity contribution < 1.29 is 4.79 Å². The Morgan fingerprint density at radius 3 is 3.12 bits per heavy atom. The van der Waals surface area contributed by atoms with Crippen LogP contribution in [-0.4, -0.2) is 23.9 Å². The first-order valence-corrected chi connectivity index (χ1v) is 6.64. The van der Waals surface area contributed by atoms with Gasteiger partial charge in [-0.2, -0.15) is 0 Å². The maximum atomic E-state index is 12.1. The van der Waals surface area contributed by atoms with Gasteiger partial charge in [-0.15, -0.1) is 11.3 Å². The van der Waals surface area contributed by atoms with Crippen molar-refractivity contribution in [1.82, 2.24) is 4.90 Å². The summed E-state index contributed by atoms with van der Waals surface area (Å²) in [6.45, 7) is 3.91. The lowest BCUT2D eigenvalue weighted by molar-refractivity contribution is -0.134. The van der Waals surface area contributed by atoms with Crippen LogP contribution >= 0.6 is 11.3 Å². The van der Waals surface area contributed by atoms with E-state index in [1.165, 1.54) is 6.42 Å². The van der Waals surface area contributed by atoms with Crippen molar-refractivity contribution >= 4 is 17.2 Å². The largest absolute Gasteiger partial charge is 0.341 e. The molecule has 0 aliphatic carbocycles. The Labute approximate surface area is 100 Å². The molecule has 1 aromatic heterocycles. The quantitative estimate of drug-likeness (QED) is 0.856. The summed E-state index contributed by atoms with van der Waals surface area (Å²) in [5.41, 5.74) is 5.98. The van der Waals surface area contributed by atoms with E-state index in [1.54, 1.807) is 11.3 Å². The molecule has 0 spiro atoms. The molecule has 88 valence electrons. The maximum absolute atomic E-state index is 12.1. The van der Waals surface area contributed by atoms with Crippen LogP contribution in [0.15, 0.2) is 17.5 Å². The minimum absolute atomic E-state index is 0.0778. The fraction of sp³-hybridized carbons (Fsp3) is 0.583. The highest BCUT2D eigenvalue weighted by atomic mass is 32.1. The Morgan fingerprint density at radius 1 is 1.69 bits per heavy atom. The van der Waals surface area contributed by atoms with Gasteiger partial charge in [-0.1, -0.05) is 13.0 Å². The zero-order valence-electron chi connectivity index (χ0n) is 9.56. The summed E-state index contributed by atoms with van der Waals surface area (Å²) < 4.78 is 0. The van der Waals surface area contributed by atoms with E-state index in [9.17, 15) is 4.79 Å². The smallest absolute Gasteiger partial charge is 0.244 e. The van der Waals surface area contributed by atoms with Crippen molar-refractivity contribution in [2.45, 2.75) is 25.8 Å². The van der Waals surface area contributed by atoms with Crippen LogP contribution in [0.1, 0.15) is 30.7 Å². The molecule has 4 heteroatoms. The number of thiophene rings is 1. The van der Waals surface area contributed by atoms with Crippen LogP contribution in [0.25, 0.3) is 0 Å². The van der Waals surface area contributed by atoms with Gasteiger partial charge in [-0.05, 0) is 30.2 Å². The Kier molecular flexibility index (Phi) is 3.61. The highest BCUT2D eigenvalue weighted by molar-refractivity contribution is 7.10. The predicted octanol–water partition coefficient (Wildman–Crippen LogP) is 2.01. The van der Waals surface area contributed by atoms with Crippen LogP contribution in [0.2, 0.25) is 0 Å². The average Bonchev–Trinajstić information content (AvgIpc) is 2.80. The van der Waals surface area contributed by atoms with E-state index in [1.807, 2.05) is 22.4 Å². The number of piperidine rings is 1. The van der Waals surface area contributed by atoms with E-state index < -0.39 is 6.04 Å². The molecule has 16 heavy (non-hydrogen) atoms. The standard InChI is InChI=1S/C12H18N2OS/c1-9-4-2-6-14(8-9)12(15)11(13)10-5-3-7-16-10/h3,5,7,9,11H,2,4,6,8,13H2,1H3. The lowest BCUT2D eigenvalue weighted by Crippen LogP contribution is -2.43. The molecule has 0 radical (unpaired) electrons. The Bertz CT molecular complexity index is 350. The minimum Gasteiger partial charge on any atom is -0.341 e. The number of hydrogen-bond donors (Lipinski definition) is 1. The van der Waals surface area contributed by atoms with E-state index in [0.717, 1.165) is 24.4 Å². The number of likely N-dealkylation sites (tertiary alicyclic amines) is 1. The third kappa shape index (κ3) is 2.44. The number of amides is 1. The number of nitrogens with zero attached hydrogens (tertiary/aromatic N) is 1. The molecule has 1 aromatic rings. The van der Waals surface area contributed by atoms with Crippen molar-refractivity contribution in [2.24, 2.45) is 11.7 Å². The molecule has 1 fully saturated rings. The zero-order valence-corrected chi connectivity index (χ0v) is 10.4. The van der Waals surface area contributed by atoms with Crippen molar-refractivity contribution in [3.63, 3.8) is 0 Å². The first-order chi connectivity index (χ1) is 7.68. The van der Waals surface area contributed by atoms with Crippen molar-refractivity contribution in [3.8, 4) is 0 Å². The van der Waals surface area contributed by atoms with Crippen LogP contribution in [0.4, 0.5) is 0 Å². The molecule has 0 bridgehead atoms. The van der Waals surface area contributed by atoms with Crippen molar-refractivity contribution in [3.05, 3.63) is 22.4 Å². The summed E-state index contributed by atoms with van der Waals surface area (Å²) in [4.78, 5) is 15.0. The van der Waals surface area contributed by atoms with Gasteiger partial charge >= 0.3 is 0 Å². The molecular formula is C12H18N2OS. The van der Waals surface area contributed by atoms with Gasteiger partial charge in [0.05, 0.1) is 0 Å². The van der Waals surface area contributed by atoms with Crippen LogP contribution in [0, 0.1) is 5.92 Å². The van der Waals surface area contributed by atoms with Gasteiger partial charge in [0.1, 0.15) is 6.04 Å². The van der Waals surface area contributed by atoms with Crippen molar-refractivity contribution in [2.75, 3.05) is 13.1 Å². The summed E-state index contributed by atoms with van der Waals surface area (Å²) in [5, 5.41) is 1.96. The molecule has 0 aromatic carbocycles. The van der Waals surface area contributed by atoms with Gasteiger partial charge < -0.3 is 10.6 Å². The number of nitrogens with two attached hydrogens (primary N) is 1. The van der Waals surface area contributed by atoms with E-state index in [2.05, 4.69) is 6.92 Å². The molecule has 3 nitrogen and oxygen atoms in total. The molecule has 1 saturated heterocycles. The number of carbonyl (C=O) groups is 1. The van der Waals surface area contributed by atoms with Gasteiger partial charge in [0.25, 0.3) is 0 Å². The van der Waals surface area contributed by atoms with Gasteiger partial charge in [0.2, 0.25) is 5.91 Å². The molecule has 2 rings (SSSR count). The molecule has 1 aliphatic rings. The average molecular weight is 238 g/mol. The Balaban J connectivity index is 2.01. The van der Waals surface area contributed by atoms with Gasteiger partial charge in [-0.3, -0.25) is 4.79 Å². The molecule has 2 atom stereocenters. The summed E-state index contributed by atoms with van der Waals surface area (Å²) in [7, 11) is 0. The summed E-state index contributed by atoms with van der Waals surface area (Å²) in [5.74, 6) is 0.683. The van der Waals surface area contributed by atoms with Crippen LogP contribution in [0.3, 0.4) is 0 Å². The lowest BCUT2D eigenvalue weighted by atomic mass is 9.99. The fourth-order valence-electron chi connectivity index (χ4n) is 2.18. The summed E-state index contributed by atoms with van der Waals surface area (Å²) in [6.07, 6.45) is 2.32. The third-order valence-corrected chi connectivity index (χ3v) is 4.04. The molecule has 2 heterocycles. The van der Waals surface area contributed by atoms with E-state index in [4.69, 9.17) is 5.73 Å². The number of hydrogen-bond acceptors (Lipinski definition) is 3. The molecule has 2 unspecified atom stereocenters. The lowest BCUT2D eigenvalue weighted by Gasteiger charge is -2.32. The second-order valence-electron chi connectivity index (χ2n) is 4.52. The topological polar surface area (TPSA) is 46.3 Å². The first kappa shape index (κ1) is 11.6. The number of carbonyl (C=O) groups excluding carboxylic acids is 1. The van der Waals surface area contributed by atoms with Crippen molar-refractivity contribution in [1.29, 1.82) is 0 Å². The molecular weight excluding hydrogens is 220 g/mol. The molecule has 1 aliphatic heterocycles. The SMILES string of the molecule is CC1CCCN(C(=O)C(N)c2cccs2)C1. The first-order valence-electron chi connectivity index (χ1n) is 5.76. The normalized spacial score (nSPS) is 23.1. The van der Waals surface area contributed by atoms with E-state index in [0.29, 0.717) is 5.92 Å². The summed E-state index contributed by atoms with van der Waals surface area (Å²) >= 11 is 1.55. The molecule has 0 saturated carbocycles. The Morgan fingerprint density at radius 2 is 2.50 bits per heavy atom. The molecule has 2 N–H and O–H groups in total. The van der Waals surface area contributed by atoms with Gasteiger partial charge in [0.15, 0.2) is 0 Å². The van der Waals surface area contributed by atoms with Crippen LogP contribution < -0.4 is 5.73 Å². The second kappa shape index (κ2) is 4.97. The zero-order chi connectivity index (χ0) is 11.5. The Hall–Kier alpha value is -0.870. The van der Waals surface area contributed by atoms with Gasteiger partial charge in [-0.25, -0.2) is 0 Å². The van der Waals surface area contributed by atoms with Crippen LogP contribution in [0.5, 0.6) is 0 Å². The second-order valence-corrected chi connectivity index (χ2v) is 5.50. The minimum atomic E-state index is -0.467. The summed E-state index contributed by atoms with van der Waals surface area (Å²) in [6, 6.07) is 3.40. The van der Waals surface area contributed by atoms with Gasteiger partial charge in [0, 0.05) is 18.0 Å². The highest BCUT2D eigenvalue weighted by Crippen LogP contribution is 2.22. The maximum Gasteiger partial charge on any atom is 0.244 e. The van der Waals surface area contributed by atoms with E-state index in [-0.39, 0.29) is 5.91 Å².